The summed E-state index contributed by atoms with van der Waals surface area (Å²) in [5.41, 5.74) is -1.19. The van der Waals surface area contributed by atoms with Gasteiger partial charge >= 0.3 is 12.2 Å². The van der Waals surface area contributed by atoms with Gasteiger partial charge in [-0.05, 0) is 46.1 Å². The molecule has 2 saturated heterocycles. The van der Waals surface area contributed by atoms with E-state index in [1.165, 1.54) is 31.6 Å². The van der Waals surface area contributed by atoms with Gasteiger partial charge < -0.3 is 15.1 Å². The third kappa shape index (κ3) is 4.35. The van der Waals surface area contributed by atoms with E-state index in [2.05, 4.69) is 17.1 Å². The highest BCUT2D eigenvalue weighted by Crippen LogP contribution is 2.44. The molecular weight excluding hydrogens is 319 g/mol. The predicted molar refractivity (Wildman–Crippen MR) is 87.8 cm³/mol. The molecule has 0 radical (unpaired) electrons. The summed E-state index contributed by atoms with van der Waals surface area (Å²) in [7, 11) is 0. The molecule has 2 aliphatic heterocycles. The fourth-order valence-corrected chi connectivity index (χ4v) is 3.95. The van der Waals surface area contributed by atoms with Gasteiger partial charge in [-0.1, -0.05) is 13.3 Å². The molecule has 0 aromatic rings. The molecule has 2 heterocycles. The molecule has 2 fully saturated rings. The summed E-state index contributed by atoms with van der Waals surface area (Å²) in [6, 6.07) is -0.283. The van der Waals surface area contributed by atoms with E-state index in [1.807, 2.05) is 0 Å². The average Bonchev–Trinajstić information content (AvgIpc) is 2.81. The van der Waals surface area contributed by atoms with Crippen LogP contribution in [-0.4, -0.2) is 59.8 Å². The first-order valence-corrected chi connectivity index (χ1v) is 9.03. The van der Waals surface area contributed by atoms with Crippen molar-refractivity contribution in [1.82, 2.24) is 15.1 Å². The van der Waals surface area contributed by atoms with Crippen molar-refractivity contribution in [3.8, 4) is 0 Å². The van der Waals surface area contributed by atoms with Crippen LogP contribution in [0.4, 0.5) is 18.0 Å². The number of alkyl halides is 3. The Hall–Kier alpha value is -0.980. The van der Waals surface area contributed by atoms with Crippen LogP contribution in [0.15, 0.2) is 0 Å². The molecular formula is C17H30F3N3O. The van der Waals surface area contributed by atoms with E-state index in [9.17, 15) is 18.0 Å². The number of piperidine rings is 1. The number of halogens is 3. The van der Waals surface area contributed by atoms with Crippen LogP contribution in [0.2, 0.25) is 0 Å². The summed E-state index contributed by atoms with van der Waals surface area (Å²) >= 11 is 0. The van der Waals surface area contributed by atoms with E-state index >= 15 is 0 Å². The number of urea groups is 1. The predicted octanol–water partition coefficient (Wildman–Crippen LogP) is 3.62. The van der Waals surface area contributed by atoms with Gasteiger partial charge in [0.15, 0.2) is 0 Å². The van der Waals surface area contributed by atoms with Gasteiger partial charge in [-0.15, -0.1) is 0 Å². The zero-order chi connectivity index (χ0) is 18.0. The van der Waals surface area contributed by atoms with Crippen LogP contribution in [0.5, 0.6) is 0 Å². The van der Waals surface area contributed by atoms with Crippen LogP contribution in [0.3, 0.4) is 0 Å². The Kier molecular flexibility index (Phi) is 6.04. The van der Waals surface area contributed by atoms with Crippen molar-refractivity contribution in [3.05, 3.63) is 0 Å². The highest BCUT2D eigenvalue weighted by molar-refractivity contribution is 5.76. The molecule has 4 nitrogen and oxygen atoms in total. The second-order valence-electron chi connectivity index (χ2n) is 7.61. The van der Waals surface area contributed by atoms with Crippen molar-refractivity contribution in [1.29, 1.82) is 0 Å². The molecule has 0 aromatic carbocycles. The van der Waals surface area contributed by atoms with Crippen LogP contribution >= 0.6 is 0 Å². The Balaban J connectivity index is 1.85. The standard InChI is InChI=1S/C17H30F3N3O/c1-4-5-9-22-10-6-13(7-11-22)21-15(24)23-12-8-14(16(23,2)3)17(18,19)20/h13-14H,4-12H2,1-3H3,(H,21,24)/t14-/m1/s1. The second kappa shape index (κ2) is 7.50. The number of nitrogens with zero attached hydrogens (tertiary/aromatic N) is 2. The van der Waals surface area contributed by atoms with Crippen LogP contribution in [0.25, 0.3) is 0 Å². The minimum absolute atomic E-state index is 0.0145. The molecule has 1 N–H and O–H groups in total. The molecule has 0 saturated carbocycles. The quantitative estimate of drug-likeness (QED) is 0.841. The third-order valence-electron chi connectivity index (χ3n) is 5.57. The van der Waals surface area contributed by atoms with E-state index in [4.69, 9.17) is 0 Å². The zero-order valence-electron chi connectivity index (χ0n) is 15.0. The lowest BCUT2D eigenvalue weighted by atomic mass is 9.88. The number of amides is 2. The second-order valence-corrected chi connectivity index (χ2v) is 7.61. The SMILES string of the molecule is CCCCN1CCC(NC(=O)N2CC[C@@H](C(F)(F)F)C2(C)C)CC1. The molecule has 2 amide bonds. The van der Waals surface area contributed by atoms with Crippen LogP contribution in [0, 0.1) is 5.92 Å². The topological polar surface area (TPSA) is 35.6 Å². The van der Waals surface area contributed by atoms with Gasteiger partial charge in [0.25, 0.3) is 0 Å². The minimum Gasteiger partial charge on any atom is -0.335 e. The first-order valence-electron chi connectivity index (χ1n) is 9.03. The summed E-state index contributed by atoms with van der Waals surface area (Å²) in [6.45, 7) is 8.34. The lowest BCUT2D eigenvalue weighted by Gasteiger charge is -2.38. The lowest BCUT2D eigenvalue weighted by molar-refractivity contribution is -0.189. The normalized spacial score (nSPS) is 25.9. The van der Waals surface area contributed by atoms with Crippen molar-refractivity contribution in [2.45, 2.75) is 70.6 Å². The van der Waals surface area contributed by atoms with Gasteiger partial charge in [0.1, 0.15) is 0 Å². The zero-order valence-corrected chi connectivity index (χ0v) is 15.0. The van der Waals surface area contributed by atoms with Crippen molar-refractivity contribution < 1.29 is 18.0 Å². The maximum atomic E-state index is 13.1. The molecule has 0 bridgehead atoms. The number of carbonyl (C=O) groups excluding carboxylic acids is 1. The Morgan fingerprint density at radius 2 is 1.79 bits per heavy atom. The third-order valence-corrected chi connectivity index (χ3v) is 5.57. The summed E-state index contributed by atoms with van der Waals surface area (Å²) < 4.78 is 39.4. The van der Waals surface area contributed by atoms with E-state index < -0.39 is 17.6 Å². The number of hydrogen-bond acceptors (Lipinski definition) is 2. The number of hydrogen-bond donors (Lipinski definition) is 1. The monoisotopic (exact) mass is 349 g/mol. The lowest BCUT2D eigenvalue weighted by Crippen LogP contribution is -2.55. The van der Waals surface area contributed by atoms with E-state index in [-0.39, 0.29) is 25.0 Å². The van der Waals surface area contributed by atoms with Gasteiger partial charge in [0.2, 0.25) is 0 Å². The van der Waals surface area contributed by atoms with Crippen molar-refractivity contribution in [2.24, 2.45) is 5.92 Å². The molecule has 7 heteroatoms. The fourth-order valence-electron chi connectivity index (χ4n) is 3.95. The molecule has 2 rings (SSSR count). The number of rotatable bonds is 4. The van der Waals surface area contributed by atoms with Gasteiger partial charge in [-0.3, -0.25) is 0 Å². The number of unbranched alkanes of at least 4 members (excludes halogenated alkanes) is 1. The maximum absolute atomic E-state index is 13.1. The molecule has 0 aliphatic carbocycles. The van der Waals surface area contributed by atoms with Gasteiger partial charge in [0, 0.05) is 25.7 Å². The number of likely N-dealkylation sites (tertiary alicyclic amines) is 2. The van der Waals surface area contributed by atoms with Crippen molar-refractivity contribution >= 4 is 6.03 Å². The number of carbonyl (C=O) groups is 1. The van der Waals surface area contributed by atoms with E-state index in [0.29, 0.717) is 0 Å². The van der Waals surface area contributed by atoms with Crippen LogP contribution in [0.1, 0.15) is 52.9 Å². The van der Waals surface area contributed by atoms with Crippen LogP contribution in [-0.2, 0) is 0 Å². The molecule has 24 heavy (non-hydrogen) atoms. The first-order chi connectivity index (χ1) is 11.2. The Morgan fingerprint density at radius 1 is 1.17 bits per heavy atom. The highest BCUT2D eigenvalue weighted by Gasteiger charge is 2.56. The Bertz CT molecular complexity index is 431. The van der Waals surface area contributed by atoms with Gasteiger partial charge in [-0.25, -0.2) is 4.79 Å². The molecule has 0 aromatic heterocycles. The maximum Gasteiger partial charge on any atom is 0.394 e. The van der Waals surface area contributed by atoms with Crippen LogP contribution < -0.4 is 5.32 Å². The van der Waals surface area contributed by atoms with Crippen molar-refractivity contribution in [2.75, 3.05) is 26.2 Å². The van der Waals surface area contributed by atoms with Gasteiger partial charge in [-0.2, -0.15) is 13.2 Å². The molecule has 140 valence electrons. The van der Waals surface area contributed by atoms with E-state index in [0.717, 1.165) is 32.5 Å². The average molecular weight is 349 g/mol. The highest BCUT2D eigenvalue weighted by atomic mass is 19.4. The summed E-state index contributed by atoms with van der Waals surface area (Å²) in [4.78, 5) is 16.3. The summed E-state index contributed by atoms with van der Waals surface area (Å²) in [6.07, 6.45) is -0.194. The van der Waals surface area contributed by atoms with E-state index in [1.54, 1.807) is 0 Å². The summed E-state index contributed by atoms with van der Waals surface area (Å²) in [5, 5.41) is 2.96. The fraction of sp³-hybridized carbons (Fsp3) is 0.941. The molecule has 1 atom stereocenters. The molecule has 2 aliphatic rings. The Labute approximate surface area is 142 Å². The summed E-state index contributed by atoms with van der Waals surface area (Å²) in [5.74, 6) is -1.45. The van der Waals surface area contributed by atoms with Crippen molar-refractivity contribution in [3.63, 3.8) is 0 Å². The molecule has 0 spiro atoms. The number of nitrogens with one attached hydrogen (secondary N) is 1. The Morgan fingerprint density at radius 3 is 2.29 bits per heavy atom. The minimum atomic E-state index is -4.26. The molecule has 0 unspecified atom stereocenters. The smallest absolute Gasteiger partial charge is 0.335 e. The van der Waals surface area contributed by atoms with Gasteiger partial charge in [0.05, 0.1) is 11.5 Å². The largest absolute Gasteiger partial charge is 0.394 e. The first kappa shape index (κ1) is 19.3.